The predicted molar refractivity (Wildman–Crippen MR) is 57.7 cm³/mol. The summed E-state index contributed by atoms with van der Waals surface area (Å²) >= 11 is 0. The minimum absolute atomic E-state index is 0.497. The fraction of sp³-hybridized carbons (Fsp3) is 0.455. The van der Waals surface area contributed by atoms with Crippen molar-refractivity contribution in [2.75, 3.05) is 19.5 Å². The van der Waals surface area contributed by atoms with E-state index in [2.05, 4.69) is 13.8 Å². The van der Waals surface area contributed by atoms with E-state index in [4.69, 9.17) is 15.2 Å². The monoisotopic (exact) mass is 195 g/mol. The van der Waals surface area contributed by atoms with E-state index < -0.39 is 0 Å². The summed E-state index contributed by atoms with van der Waals surface area (Å²) in [5.74, 6) is 1.97. The van der Waals surface area contributed by atoms with E-state index >= 15 is 0 Å². The number of benzene rings is 1. The summed E-state index contributed by atoms with van der Waals surface area (Å²) in [4.78, 5) is 0. The van der Waals surface area contributed by atoms with Crippen LogP contribution < -0.4 is 15.2 Å². The van der Waals surface area contributed by atoms with Crippen molar-refractivity contribution < 1.29 is 9.47 Å². The molecule has 0 saturated carbocycles. The SMILES string of the molecule is COc1ccc(OCC(C)C)c(N)c1. The third kappa shape index (κ3) is 2.83. The molecular formula is C11H17NO2. The van der Waals surface area contributed by atoms with Crippen LogP contribution in [0.4, 0.5) is 5.69 Å². The van der Waals surface area contributed by atoms with E-state index in [-0.39, 0.29) is 0 Å². The molecule has 1 rings (SSSR count). The Morgan fingerprint density at radius 2 is 2.07 bits per heavy atom. The Kier molecular flexibility index (Phi) is 3.63. The summed E-state index contributed by atoms with van der Waals surface area (Å²) in [6.07, 6.45) is 0. The lowest BCUT2D eigenvalue weighted by atomic mass is 10.2. The summed E-state index contributed by atoms with van der Waals surface area (Å²) in [6, 6.07) is 5.43. The highest BCUT2D eigenvalue weighted by Gasteiger charge is 2.03. The predicted octanol–water partition coefficient (Wildman–Crippen LogP) is 2.31. The Morgan fingerprint density at radius 3 is 2.57 bits per heavy atom. The number of hydrogen-bond donors (Lipinski definition) is 1. The molecular weight excluding hydrogens is 178 g/mol. The molecule has 14 heavy (non-hydrogen) atoms. The topological polar surface area (TPSA) is 44.5 Å². The normalized spacial score (nSPS) is 10.3. The molecule has 1 aromatic rings. The van der Waals surface area contributed by atoms with E-state index in [1.165, 1.54) is 0 Å². The first kappa shape index (κ1) is 10.7. The number of hydrogen-bond acceptors (Lipinski definition) is 3. The summed E-state index contributed by atoms with van der Waals surface area (Å²) in [5, 5.41) is 0. The van der Waals surface area contributed by atoms with Crippen LogP contribution in [-0.4, -0.2) is 13.7 Å². The van der Waals surface area contributed by atoms with Gasteiger partial charge in [-0.3, -0.25) is 0 Å². The van der Waals surface area contributed by atoms with Crippen LogP contribution in [0.1, 0.15) is 13.8 Å². The van der Waals surface area contributed by atoms with Crippen LogP contribution in [0, 0.1) is 5.92 Å². The van der Waals surface area contributed by atoms with Gasteiger partial charge in [0.25, 0.3) is 0 Å². The molecule has 0 unspecified atom stereocenters. The molecule has 0 bridgehead atoms. The van der Waals surface area contributed by atoms with Crippen molar-refractivity contribution in [1.29, 1.82) is 0 Å². The highest BCUT2D eigenvalue weighted by molar-refractivity contribution is 5.56. The molecule has 0 heterocycles. The van der Waals surface area contributed by atoms with Crippen LogP contribution in [0.25, 0.3) is 0 Å². The molecule has 0 saturated heterocycles. The van der Waals surface area contributed by atoms with Gasteiger partial charge < -0.3 is 15.2 Å². The zero-order valence-corrected chi connectivity index (χ0v) is 8.91. The van der Waals surface area contributed by atoms with E-state index in [9.17, 15) is 0 Å². The molecule has 0 radical (unpaired) electrons. The van der Waals surface area contributed by atoms with Crippen LogP contribution in [0.2, 0.25) is 0 Å². The lowest BCUT2D eigenvalue weighted by Crippen LogP contribution is -2.06. The van der Waals surface area contributed by atoms with Crippen molar-refractivity contribution in [3.05, 3.63) is 18.2 Å². The van der Waals surface area contributed by atoms with Gasteiger partial charge in [-0.1, -0.05) is 13.8 Å². The van der Waals surface area contributed by atoms with Crippen LogP contribution in [0.3, 0.4) is 0 Å². The Labute approximate surface area is 84.8 Å². The minimum atomic E-state index is 0.497. The molecule has 3 nitrogen and oxygen atoms in total. The lowest BCUT2D eigenvalue weighted by molar-refractivity contribution is 0.272. The Balaban J connectivity index is 2.69. The van der Waals surface area contributed by atoms with Gasteiger partial charge in [0.15, 0.2) is 0 Å². The van der Waals surface area contributed by atoms with Gasteiger partial charge in [0.2, 0.25) is 0 Å². The maximum Gasteiger partial charge on any atom is 0.142 e. The van der Waals surface area contributed by atoms with Crippen LogP contribution in [-0.2, 0) is 0 Å². The molecule has 0 aliphatic carbocycles. The molecule has 0 aliphatic rings. The molecule has 2 N–H and O–H groups in total. The van der Waals surface area contributed by atoms with Gasteiger partial charge in [0.1, 0.15) is 11.5 Å². The largest absolute Gasteiger partial charge is 0.497 e. The third-order valence-corrected chi connectivity index (χ3v) is 1.79. The number of anilines is 1. The zero-order chi connectivity index (χ0) is 10.6. The van der Waals surface area contributed by atoms with Crippen molar-refractivity contribution in [1.82, 2.24) is 0 Å². The average molecular weight is 195 g/mol. The maximum atomic E-state index is 5.78. The zero-order valence-electron chi connectivity index (χ0n) is 8.91. The summed E-state index contributed by atoms with van der Waals surface area (Å²) in [5.41, 5.74) is 6.39. The van der Waals surface area contributed by atoms with Crippen molar-refractivity contribution >= 4 is 5.69 Å². The molecule has 3 heteroatoms. The summed E-state index contributed by atoms with van der Waals surface area (Å²) < 4.78 is 10.6. The van der Waals surface area contributed by atoms with Crippen LogP contribution >= 0.6 is 0 Å². The highest BCUT2D eigenvalue weighted by Crippen LogP contribution is 2.26. The Morgan fingerprint density at radius 1 is 1.36 bits per heavy atom. The third-order valence-electron chi connectivity index (χ3n) is 1.79. The number of methoxy groups -OCH3 is 1. The number of ether oxygens (including phenoxy) is 2. The maximum absolute atomic E-state index is 5.78. The van der Waals surface area contributed by atoms with Crippen LogP contribution in [0.15, 0.2) is 18.2 Å². The molecule has 1 aromatic carbocycles. The van der Waals surface area contributed by atoms with Gasteiger partial charge >= 0.3 is 0 Å². The minimum Gasteiger partial charge on any atom is -0.497 e. The van der Waals surface area contributed by atoms with Crippen molar-refractivity contribution in [3.8, 4) is 11.5 Å². The fourth-order valence-electron chi connectivity index (χ4n) is 1.04. The Bertz CT molecular complexity index is 297. The van der Waals surface area contributed by atoms with Crippen molar-refractivity contribution in [2.45, 2.75) is 13.8 Å². The molecule has 0 fully saturated rings. The number of nitrogen functional groups attached to an aromatic ring is 1. The van der Waals surface area contributed by atoms with E-state index in [0.717, 1.165) is 11.5 Å². The first-order valence-electron chi connectivity index (χ1n) is 4.69. The van der Waals surface area contributed by atoms with Gasteiger partial charge in [-0.25, -0.2) is 0 Å². The van der Waals surface area contributed by atoms with Crippen LogP contribution in [0.5, 0.6) is 11.5 Å². The smallest absolute Gasteiger partial charge is 0.142 e. The van der Waals surface area contributed by atoms with Gasteiger partial charge in [-0.2, -0.15) is 0 Å². The molecule has 0 aliphatic heterocycles. The van der Waals surface area contributed by atoms with E-state index in [0.29, 0.717) is 18.2 Å². The lowest BCUT2D eigenvalue weighted by Gasteiger charge is -2.11. The Hall–Kier alpha value is -1.38. The summed E-state index contributed by atoms with van der Waals surface area (Å²) in [7, 11) is 1.61. The first-order chi connectivity index (χ1) is 6.63. The van der Waals surface area contributed by atoms with Crippen molar-refractivity contribution in [2.24, 2.45) is 5.92 Å². The van der Waals surface area contributed by atoms with Crippen molar-refractivity contribution in [3.63, 3.8) is 0 Å². The second kappa shape index (κ2) is 4.74. The standard InChI is InChI=1S/C11H17NO2/c1-8(2)7-14-11-5-4-9(13-3)6-10(11)12/h4-6,8H,7,12H2,1-3H3. The number of nitrogens with two attached hydrogens (primary N) is 1. The van der Waals surface area contributed by atoms with Gasteiger partial charge in [0.05, 0.1) is 19.4 Å². The average Bonchev–Trinajstić information content (AvgIpc) is 2.15. The van der Waals surface area contributed by atoms with E-state index in [1.807, 2.05) is 12.1 Å². The molecule has 0 atom stereocenters. The molecule has 78 valence electrons. The number of rotatable bonds is 4. The first-order valence-corrected chi connectivity index (χ1v) is 4.69. The van der Waals surface area contributed by atoms with E-state index in [1.54, 1.807) is 13.2 Å². The quantitative estimate of drug-likeness (QED) is 0.750. The van der Waals surface area contributed by atoms with Gasteiger partial charge in [0, 0.05) is 6.07 Å². The second-order valence-corrected chi connectivity index (χ2v) is 3.61. The molecule has 0 aromatic heterocycles. The fourth-order valence-corrected chi connectivity index (χ4v) is 1.04. The molecule has 0 amide bonds. The highest BCUT2D eigenvalue weighted by atomic mass is 16.5. The molecule has 0 spiro atoms. The van der Waals surface area contributed by atoms with Gasteiger partial charge in [-0.15, -0.1) is 0 Å². The second-order valence-electron chi connectivity index (χ2n) is 3.61. The summed E-state index contributed by atoms with van der Waals surface area (Å²) in [6.45, 7) is 4.87. The van der Waals surface area contributed by atoms with Gasteiger partial charge in [-0.05, 0) is 18.1 Å².